The summed E-state index contributed by atoms with van der Waals surface area (Å²) in [7, 11) is 0. The number of halogens is 2. The second-order valence-electron chi connectivity index (χ2n) is 11.2. The Hall–Kier alpha value is -4.93. The minimum atomic E-state index is -3.01. The molecule has 2 N–H and O–H groups in total. The second-order valence-corrected chi connectivity index (χ2v) is 11.2. The standard InChI is InChI=1S/C32H29F2N7O2/c1-19-11-17-41(39-19)21-8-6-20(7-9-21)30(42)38-26-10-13-32(33,34)18-24(26)31(43)40-16-12-23-27(29-35-14-15-36-29)37-25-5-3-2-4-22(25)28(23)40/h2-9,11,14-15,17,24,26H,10,12-13,16,18H2,1H3,(H,35,36)(H,38,42)/t24-,26+/m0/s1. The molecule has 2 aliphatic rings. The Labute approximate surface area is 246 Å². The van der Waals surface area contributed by atoms with Gasteiger partial charge in [0.05, 0.1) is 28.5 Å². The quantitative estimate of drug-likeness (QED) is 0.295. The molecule has 1 saturated carbocycles. The van der Waals surface area contributed by atoms with Crippen LogP contribution in [0, 0.1) is 12.8 Å². The Balaban J connectivity index is 1.18. The molecule has 7 rings (SSSR count). The summed E-state index contributed by atoms with van der Waals surface area (Å²) < 4.78 is 31.4. The lowest BCUT2D eigenvalue weighted by Gasteiger charge is -2.37. The summed E-state index contributed by atoms with van der Waals surface area (Å²) in [6.07, 6.45) is 4.65. The number of para-hydroxylation sites is 1. The molecule has 1 fully saturated rings. The van der Waals surface area contributed by atoms with Crippen molar-refractivity contribution >= 4 is 28.4 Å². The van der Waals surface area contributed by atoms with Gasteiger partial charge in [0.1, 0.15) is 5.69 Å². The predicted molar refractivity (Wildman–Crippen MR) is 157 cm³/mol. The van der Waals surface area contributed by atoms with Gasteiger partial charge < -0.3 is 15.2 Å². The number of carbonyl (C=O) groups is 2. The number of pyridine rings is 1. The van der Waals surface area contributed by atoms with E-state index in [9.17, 15) is 18.4 Å². The first-order valence-electron chi connectivity index (χ1n) is 14.3. The van der Waals surface area contributed by atoms with Crippen LogP contribution in [0.15, 0.2) is 73.2 Å². The van der Waals surface area contributed by atoms with E-state index >= 15 is 0 Å². The lowest BCUT2D eigenvalue weighted by molar-refractivity contribution is -0.131. The number of nitrogens with one attached hydrogen (secondary N) is 2. The van der Waals surface area contributed by atoms with Crippen LogP contribution < -0.4 is 10.2 Å². The van der Waals surface area contributed by atoms with Gasteiger partial charge in [-0.1, -0.05) is 18.2 Å². The number of rotatable bonds is 5. The van der Waals surface area contributed by atoms with E-state index in [4.69, 9.17) is 4.98 Å². The van der Waals surface area contributed by atoms with Crippen LogP contribution in [0.25, 0.3) is 28.1 Å². The molecule has 0 spiro atoms. The van der Waals surface area contributed by atoms with Gasteiger partial charge in [-0.15, -0.1) is 0 Å². The van der Waals surface area contributed by atoms with Crippen LogP contribution in [-0.2, 0) is 11.2 Å². The molecule has 1 aliphatic heterocycles. The lowest BCUT2D eigenvalue weighted by Crippen LogP contribution is -2.52. The van der Waals surface area contributed by atoms with Crippen LogP contribution in [0.4, 0.5) is 14.5 Å². The molecule has 1 aliphatic carbocycles. The number of aromatic amines is 1. The zero-order valence-corrected chi connectivity index (χ0v) is 23.4. The highest BCUT2D eigenvalue weighted by atomic mass is 19.3. The summed E-state index contributed by atoms with van der Waals surface area (Å²) in [5, 5.41) is 8.07. The SMILES string of the molecule is Cc1ccn(-c2ccc(C(=O)N[C@@H]3CCC(F)(F)C[C@@H]3C(=O)N3CCc4c(-c5ncc[nH]5)nc5ccccc5c43)cc2)n1. The number of aryl methyl sites for hydroxylation is 1. The first-order chi connectivity index (χ1) is 20.8. The number of amides is 2. The Kier molecular flexibility index (Phi) is 6.52. The van der Waals surface area contributed by atoms with E-state index in [2.05, 4.69) is 20.4 Å². The summed E-state index contributed by atoms with van der Waals surface area (Å²) in [6.45, 7) is 2.22. The van der Waals surface area contributed by atoms with Crippen molar-refractivity contribution in [2.24, 2.45) is 5.92 Å². The van der Waals surface area contributed by atoms with E-state index in [1.807, 2.05) is 43.5 Å². The van der Waals surface area contributed by atoms with Gasteiger partial charge in [0, 0.05) is 60.5 Å². The summed E-state index contributed by atoms with van der Waals surface area (Å²) in [5.41, 5.74) is 4.87. The van der Waals surface area contributed by atoms with Gasteiger partial charge in [0.15, 0.2) is 5.82 Å². The number of anilines is 1. The third kappa shape index (κ3) is 4.94. The van der Waals surface area contributed by atoms with Crippen molar-refractivity contribution in [2.45, 2.75) is 44.6 Å². The molecule has 0 bridgehead atoms. The molecule has 0 unspecified atom stereocenters. The first kappa shape index (κ1) is 26.9. The van der Waals surface area contributed by atoms with Gasteiger partial charge in [-0.25, -0.2) is 23.4 Å². The molecule has 4 heterocycles. The molecule has 2 aromatic carbocycles. The maximum absolute atomic E-state index is 14.8. The van der Waals surface area contributed by atoms with Crippen molar-refractivity contribution in [3.8, 4) is 17.2 Å². The van der Waals surface area contributed by atoms with E-state index in [0.717, 1.165) is 22.3 Å². The molecule has 5 aromatic rings. The van der Waals surface area contributed by atoms with Gasteiger partial charge in [0.2, 0.25) is 11.8 Å². The molecule has 3 aromatic heterocycles. The summed E-state index contributed by atoms with van der Waals surface area (Å²) in [5.74, 6) is -4.35. The fourth-order valence-electron chi connectivity index (χ4n) is 6.27. The average molecular weight is 582 g/mol. The number of nitrogens with zero attached hydrogens (tertiary/aromatic N) is 5. The Bertz CT molecular complexity index is 1830. The molecule has 2 amide bonds. The summed E-state index contributed by atoms with van der Waals surface area (Å²) in [4.78, 5) is 41.4. The van der Waals surface area contributed by atoms with Crippen molar-refractivity contribution in [3.05, 3.63) is 90.0 Å². The summed E-state index contributed by atoms with van der Waals surface area (Å²) >= 11 is 0. The van der Waals surface area contributed by atoms with Gasteiger partial charge >= 0.3 is 0 Å². The van der Waals surface area contributed by atoms with Gasteiger partial charge in [-0.05, 0) is 56.2 Å². The minimum absolute atomic E-state index is 0.00473. The molecule has 11 heteroatoms. The van der Waals surface area contributed by atoms with E-state index < -0.39 is 42.5 Å². The number of hydrogen-bond donors (Lipinski definition) is 2. The minimum Gasteiger partial charge on any atom is -0.348 e. The van der Waals surface area contributed by atoms with Crippen molar-refractivity contribution in [3.63, 3.8) is 0 Å². The van der Waals surface area contributed by atoms with Crippen LogP contribution in [0.5, 0.6) is 0 Å². The van der Waals surface area contributed by atoms with Gasteiger partial charge in [0.25, 0.3) is 5.91 Å². The zero-order chi connectivity index (χ0) is 29.7. The van der Waals surface area contributed by atoms with Gasteiger partial charge in [-0.3, -0.25) is 9.59 Å². The second kappa shape index (κ2) is 10.4. The Morgan fingerprint density at radius 1 is 1.09 bits per heavy atom. The van der Waals surface area contributed by atoms with Gasteiger partial charge in [-0.2, -0.15) is 5.10 Å². The normalized spacial score (nSPS) is 19.4. The maximum atomic E-state index is 14.8. The van der Waals surface area contributed by atoms with Crippen LogP contribution in [0.1, 0.15) is 40.9 Å². The van der Waals surface area contributed by atoms with E-state index in [0.29, 0.717) is 41.3 Å². The summed E-state index contributed by atoms with van der Waals surface area (Å²) in [6, 6.07) is 15.5. The molecule has 43 heavy (non-hydrogen) atoms. The fourth-order valence-corrected chi connectivity index (χ4v) is 6.27. The molecule has 2 atom stereocenters. The van der Waals surface area contributed by atoms with E-state index in [-0.39, 0.29) is 6.42 Å². The highest BCUT2D eigenvalue weighted by Crippen LogP contribution is 2.43. The van der Waals surface area contributed by atoms with E-state index in [1.54, 1.807) is 46.2 Å². The number of alkyl halides is 2. The Morgan fingerprint density at radius 3 is 2.65 bits per heavy atom. The molecule has 9 nitrogen and oxygen atoms in total. The van der Waals surface area contributed by atoms with Crippen LogP contribution in [-0.4, -0.2) is 55.1 Å². The number of fused-ring (bicyclic) bond motifs is 3. The van der Waals surface area contributed by atoms with Crippen LogP contribution >= 0.6 is 0 Å². The maximum Gasteiger partial charge on any atom is 0.251 e. The topological polar surface area (TPSA) is 109 Å². The van der Waals surface area contributed by atoms with Crippen LogP contribution in [0.3, 0.4) is 0 Å². The molecule has 218 valence electrons. The van der Waals surface area contributed by atoms with Crippen molar-refractivity contribution in [2.75, 3.05) is 11.4 Å². The number of imidazole rings is 1. The van der Waals surface area contributed by atoms with Crippen molar-refractivity contribution in [1.29, 1.82) is 0 Å². The number of benzene rings is 2. The highest BCUT2D eigenvalue weighted by Gasteiger charge is 2.47. The fraction of sp³-hybridized carbons (Fsp3) is 0.281. The Morgan fingerprint density at radius 2 is 1.91 bits per heavy atom. The monoisotopic (exact) mass is 581 g/mol. The molecular formula is C32H29F2N7O2. The van der Waals surface area contributed by atoms with Crippen LogP contribution in [0.2, 0.25) is 0 Å². The predicted octanol–water partition coefficient (Wildman–Crippen LogP) is 5.24. The van der Waals surface area contributed by atoms with E-state index in [1.165, 1.54) is 0 Å². The third-order valence-corrected chi connectivity index (χ3v) is 8.38. The molecule has 0 saturated heterocycles. The largest absolute Gasteiger partial charge is 0.348 e. The lowest BCUT2D eigenvalue weighted by atomic mass is 9.81. The zero-order valence-electron chi connectivity index (χ0n) is 23.4. The number of carbonyl (C=O) groups excluding carboxylic acids is 2. The van der Waals surface area contributed by atoms with Crippen molar-refractivity contribution in [1.82, 2.24) is 30.0 Å². The molecule has 0 radical (unpaired) electrons. The number of H-pyrrole nitrogens is 1. The molecular weight excluding hydrogens is 552 g/mol. The smallest absolute Gasteiger partial charge is 0.251 e. The number of aromatic nitrogens is 5. The van der Waals surface area contributed by atoms with Crippen molar-refractivity contribution < 1.29 is 18.4 Å². The number of hydrogen-bond acceptors (Lipinski definition) is 5. The third-order valence-electron chi connectivity index (χ3n) is 8.38. The first-order valence-corrected chi connectivity index (χ1v) is 14.3. The average Bonchev–Trinajstić information content (AvgIpc) is 3.79. The highest BCUT2D eigenvalue weighted by molar-refractivity contribution is 6.08.